The van der Waals surface area contributed by atoms with Crippen molar-refractivity contribution in [2.24, 2.45) is 0 Å². The largest absolute Gasteiger partial charge is 0.456 e. The van der Waals surface area contributed by atoms with Crippen LogP contribution in [-0.4, -0.2) is 25.1 Å². The molecule has 0 spiro atoms. The van der Waals surface area contributed by atoms with E-state index in [0.717, 1.165) is 22.4 Å². The van der Waals surface area contributed by atoms with E-state index in [1.54, 1.807) is 30.5 Å². The Kier molecular flexibility index (Phi) is 6.30. The number of carbonyl (C=O) groups excluding carboxylic acids is 1. The van der Waals surface area contributed by atoms with Crippen molar-refractivity contribution in [3.63, 3.8) is 0 Å². The highest BCUT2D eigenvalue weighted by Crippen LogP contribution is 2.23. The Morgan fingerprint density at radius 2 is 1.69 bits per heavy atom. The minimum Gasteiger partial charge on any atom is -0.456 e. The van der Waals surface area contributed by atoms with Crippen molar-refractivity contribution in [2.45, 2.75) is 13.2 Å². The van der Waals surface area contributed by atoms with E-state index >= 15 is 0 Å². The van der Waals surface area contributed by atoms with Crippen LogP contribution < -0.4 is 5.56 Å². The van der Waals surface area contributed by atoms with Gasteiger partial charge in [0.2, 0.25) is 0 Å². The number of carbonyl (C=O) groups is 1. The number of aromatic nitrogens is 4. The molecule has 0 atom stereocenters. The van der Waals surface area contributed by atoms with Gasteiger partial charge in [-0.15, -0.1) is 0 Å². The third-order valence-electron chi connectivity index (χ3n) is 5.41. The molecule has 0 aliphatic heterocycles. The molecular formula is C28H22N4O3. The summed E-state index contributed by atoms with van der Waals surface area (Å²) < 4.78 is 8.63. The fraction of sp³-hybridized carbons (Fsp3) is 0.0714. The Morgan fingerprint density at radius 3 is 2.49 bits per heavy atom. The molecule has 0 N–H and O–H groups in total. The molecule has 0 fully saturated rings. The molecule has 2 aromatic carbocycles. The van der Waals surface area contributed by atoms with Gasteiger partial charge in [-0.25, -0.2) is 9.78 Å². The molecule has 0 aliphatic carbocycles. The maximum Gasteiger partial charge on any atom is 0.331 e. The summed E-state index contributed by atoms with van der Waals surface area (Å²) in [4.78, 5) is 29.0. The summed E-state index contributed by atoms with van der Waals surface area (Å²) in [5, 5.41) is 4.75. The highest BCUT2D eigenvalue weighted by molar-refractivity contribution is 5.88. The monoisotopic (exact) mass is 462 g/mol. The maximum atomic E-state index is 12.4. The number of pyridine rings is 1. The predicted octanol–water partition coefficient (Wildman–Crippen LogP) is 4.36. The molecule has 7 heteroatoms. The van der Waals surface area contributed by atoms with Gasteiger partial charge in [0, 0.05) is 35.7 Å². The number of fused-ring (bicyclic) bond motifs is 1. The van der Waals surface area contributed by atoms with Gasteiger partial charge < -0.3 is 4.74 Å². The van der Waals surface area contributed by atoms with E-state index in [4.69, 9.17) is 9.84 Å². The van der Waals surface area contributed by atoms with Crippen LogP contribution in [0.3, 0.4) is 0 Å². The van der Waals surface area contributed by atoms with Gasteiger partial charge in [0.15, 0.2) is 0 Å². The molecule has 35 heavy (non-hydrogen) atoms. The Balaban J connectivity index is 1.33. The summed E-state index contributed by atoms with van der Waals surface area (Å²) in [6.07, 6.45) is 6.61. The van der Waals surface area contributed by atoms with E-state index < -0.39 is 5.97 Å². The quantitative estimate of drug-likeness (QED) is 0.265. The second-order valence-electron chi connectivity index (χ2n) is 7.94. The van der Waals surface area contributed by atoms with Crippen LogP contribution in [0.15, 0.2) is 108 Å². The summed E-state index contributed by atoms with van der Waals surface area (Å²) in [5.41, 5.74) is 4.32. The first-order valence-corrected chi connectivity index (χ1v) is 11.1. The molecule has 0 aliphatic rings. The van der Waals surface area contributed by atoms with Crippen molar-refractivity contribution in [1.29, 1.82) is 0 Å². The molecule has 5 aromatic rings. The van der Waals surface area contributed by atoms with Gasteiger partial charge in [0.25, 0.3) is 5.56 Å². The van der Waals surface area contributed by atoms with Crippen molar-refractivity contribution in [3.8, 4) is 11.3 Å². The van der Waals surface area contributed by atoms with Crippen LogP contribution in [-0.2, 0) is 22.7 Å². The second kappa shape index (κ2) is 10.0. The smallest absolute Gasteiger partial charge is 0.331 e. The van der Waals surface area contributed by atoms with Gasteiger partial charge in [0.05, 0.1) is 17.9 Å². The van der Waals surface area contributed by atoms with Gasteiger partial charge >= 0.3 is 5.97 Å². The molecule has 3 aromatic heterocycles. The molecule has 0 saturated heterocycles. The highest BCUT2D eigenvalue weighted by atomic mass is 16.5. The fourth-order valence-corrected chi connectivity index (χ4v) is 3.76. The number of ether oxygens (including phenoxy) is 1. The lowest BCUT2D eigenvalue weighted by Gasteiger charge is -2.04. The number of hydrogen-bond donors (Lipinski definition) is 0. The van der Waals surface area contributed by atoms with E-state index in [-0.39, 0.29) is 12.2 Å². The molecule has 0 bridgehead atoms. The highest BCUT2D eigenvalue weighted by Gasteiger charge is 2.11. The van der Waals surface area contributed by atoms with Crippen LogP contribution in [0.1, 0.15) is 16.8 Å². The molecule has 0 saturated carbocycles. The number of hydrogen-bond acceptors (Lipinski definition) is 5. The molecule has 172 valence electrons. The average Bonchev–Trinajstić information content (AvgIpc) is 3.30. The van der Waals surface area contributed by atoms with Crippen LogP contribution in [0.2, 0.25) is 0 Å². The molecule has 0 unspecified atom stereocenters. The number of nitrogens with zero attached hydrogens (tertiary/aromatic N) is 4. The minimum atomic E-state index is -0.533. The lowest BCUT2D eigenvalue weighted by atomic mass is 10.1. The molecular weight excluding hydrogens is 440 g/mol. The first-order valence-electron chi connectivity index (χ1n) is 11.1. The predicted molar refractivity (Wildman–Crippen MR) is 133 cm³/mol. The zero-order valence-corrected chi connectivity index (χ0v) is 18.8. The van der Waals surface area contributed by atoms with Crippen molar-refractivity contribution < 1.29 is 9.53 Å². The number of esters is 1. The minimum absolute atomic E-state index is 0.0946. The Bertz CT molecular complexity index is 1550. The zero-order valence-electron chi connectivity index (χ0n) is 18.8. The van der Waals surface area contributed by atoms with Crippen molar-refractivity contribution >= 4 is 17.7 Å². The van der Waals surface area contributed by atoms with Crippen LogP contribution in [0.25, 0.3) is 23.0 Å². The third-order valence-corrected chi connectivity index (χ3v) is 5.41. The van der Waals surface area contributed by atoms with E-state index in [9.17, 15) is 9.59 Å². The normalized spacial score (nSPS) is 11.2. The van der Waals surface area contributed by atoms with Crippen LogP contribution in [0.5, 0.6) is 0 Å². The lowest BCUT2D eigenvalue weighted by molar-refractivity contribution is -0.139. The number of rotatable bonds is 7. The van der Waals surface area contributed by atoms with E-state index in [1.165, 1.54) is 16.5 Å². The topological polar surface area (TPSA) is 78.5 Å². The van der Waals surface area contributed by atoms with E-state index in [1.807, 2.05) is 71.5 Å². The summed E-state index contributed by atoms with van der Waals surface area (Å²) in [6.45, 7) is 0.519. The van der Waals surface area contributed by atoms with Gasteiger partial charge in [-0.2, -0.15) is 5.10 Å². The van der Waals surface area contributed by atoms with Gasteiger partial charge in [-0.3, -0.25) is 13.9 Å². The number of benzene rings is 2. The maximum absolute atomic E-state index is 12.4. The van der Waals surface area contributed by atoms with Crippen LogP contribution in [0, 0.1) is 0 Å². The van der Waals surface area contributed by atoms with Gasteiger partial charge in [-0.1, -0.05) is 66.7 Å². The fourth-order valence-electron chi connectivity index (χ4n) is 3.76. The zero-order chi connectivity index (χ0) is 24.0. The van der Waals surface area contributed by atoms with Gasteiger partial charge in [0.1, 0.15) is 12.3 Å². The third kappa shape index (κ3) is 5.25. The summed E-state index contributed by atoms with van der Waals surface area (Å²) >= 11 is 0. The molecule has 5 rings (SSSR count). The summed E-state index contributed by atoms with van der Waals surface area (Å²) in [6, 6.07) is 26.5. The Morgan fingerprint density at radius 1 is 0.943 bits per heavy atom. The van der Waals surface area contributed by atoms with Crippen LogP contribution in [0.4, 0.5) is 0 Å². The van der Waals surface area contributed by atoms with Crippen LogP contribution >= 0.6 is 0 Å². The molecule has 0 radical (unpaired) electrons. The van der Waals surface area contributed by atoms with Gasteiger partial charge in [-0.05, 0) is 23.8 Å². The Hall–Kier alpha value is -4.78. The summed E-state index contributed by atoms with van der Waals surface area (Å²) in [5.74, 6) is -0.533. The summed E-state index contributed by atoms with van der Waals surface area (Å²) in [7, 11) is 0. The first-order chi connectivity index (χ1) is 17.2. The van der Waals surface area contributed by atoms with Crippen molar-refractivity contribution in [2.75, 3.05) is 0 Å². The van der Waals surface area contributed by atoms with Crippen molar-refractivity contribution in [3.05, 3.63) is 131 Å². The SMILES string of the molecule is O=C(/C=C/c1cn(Cc2ccccc2)nc1-c1ccccc1)OCc1cc(=O)n2ccccc2n1. The Labute approximate surface area is 201 Å². The average molecular weight is 463 g/mol. The van der Waals surface area contributed by atoms with E-state index in [0.29, 0.717) is 17.9 Å². The molecule has 3 heterocycles. The van der Waals surface area contributed by atoms with E-state index in [2.05, 4.69) is 4.98 Å². The molecule has 7 nitrogen and oxygen atoms in total. The molecule has 0 amide bonds. The van der Waals surface area contributed by atoms with Crippen molar-refractivity contribution in [1.82, 2.24) is 19.2 Å². The first kappa shape index (κ1) is 22.0. The second-order valence-corrected chi connectivity index (χ2v) is 7.94. The standard InChI is InChI=1S/C28H22N4O3/c33-26-17-24(29-25-13-7-8-16-32(25)26)20-35-27(34)15-14-23-19-31(18-21-9-3-1-4-10-21)30-28(23)22-11-5-2-6-12-22/h1-17,19H,18,20H2/b15-14+. The lowest BCUT2D eigenvalue weighted by Crippen LogP contribution is -2.16.